The number of hydrogen-bond donors (Lipinski definition) is 2. The van der Waals surface area contributed by atoms with Crippen molar-refractivity contribution in [2.75, 3.05) is 0 Å². The SMILES string of the molecule is c1ccc(CCc2nc(Cc3n[nH]c(CCc4ccccc4)n3)n[nH]2)cc1. The lowest BCUT2D eigenvalue weighted by Crippen LogP contribution is -1.96. The second kappa shape index (κ2) is 8.40. The maximum Gasteiger partial charge on any atom is 0.158 e. The van der Waals surface area contributed by atoms with Crippen molar-refractivity contribution in [3.63, 3.8) is 0 Å². The zero-order valence-electron chi connectivity index (χ0n) is 15.1. The maximum absolute atomic E-state index is 4.56. The highest BCUT2D eigenvalue weighted by molar-refractivity contribution is 5.16. The van der Waals surface area contributed by atoms with Crippen molar-refractivity contribution in [1.29, 1.82) is 0 Å². The second-order valence-corrected chi connectivity index (χ2v) is 6.54. The summed E-state index contributed by atoms with van der Waals surface area (Å²) in [5.41, 5.74) is 2.60. The van der Waals surface area contributed by atoms with Gasteiger partial charge >= 0.3 is 0 Å². The number of aromatic nitrogens is 6. The Morgan fingerprint density at radius 3 is 1.44 bits per heavy atom. The zero-order chi connectivity index (χ0) is 18.3. The molecule has 0 aliphatic heterocycles. The van der Waals surface area contributed by atoms with Gasteiger partial charge in [-0.25, -0.2) is 9.97 Å². The fourth-order valence-corrected chi connectivity index (χ4v) is 3.01. The maximum atomic E-state index is 4.56. The van der Waals surface area contributed by atoms with Crippen LogP contribution < -0.4 is 0 Å². The largest absolute Gasteiger partial charge is 0.263 e. The molecule has 6 heteroatoms. The van der Waals surface area contributed by atoms with E-state index in [0.29, 0.717) is 6.42 Å². The van der Waals surface area contributed by atoms with Gasteiger partial charge in [-0.15, -0.1) is 0 Å². The second-order valence-electron chi connectivity index (χ2n) is 6.54. The molecule has 4 aromatic rings. The summed E-state index contributed by atoms with van der Waals surface area (Å²) in [5, 5.41) is 14.6. The zero-order valence-corrected chi connectivity index (χ0v) is 15.1. The van der Waals surface area contributed by atoms with Crippen LogP contribution in [-0.4, -0.2) is 30.4 Å². The van der Waals surface area contributed by atoms with E-state index in [9.17, 15) is 0 Å². The van der Waals surface area contributed by atoms with E-state index in [2.05, 4.69) is 78.9 Å². The van der Waals surface area contributed by atoms with Crippen molar-refractivity contribution in [3.8, 4) is 0 Å². The molecule has 0 radical (unpaired) electrons. The Balaban J connectivity index is 1.29. The molecule has 0 amide bonds. The number of benzene rings is 2. The van der Waals surface area contributed by atoms with Crippen LogP contribution in [0.4, 0.5) is 0 Å². The van der Waals surface area contributed by atoms with Gasteiger partial charge in [0.1, 0.15) is 11.6 Å². The van der Waals surface area contributed by atoms with Crippen LogP contribution >= 0.6 is 0 Å². The van der Waals surface area contributed by atoms with Crippen molar-refractivity contribution in [2.45, 2.75) is 32.1 Å². The van der Waals surface area contributed by atoms with Crippen LogP contribution in [0, 0.1) is 0 Å². The third kappa shape index (κ3) is 4.88. The Morgan fingerprint density at radius 2 is 1.00 bits per heavy atom. The van der Waals surface area contributed by atoms with E-state index < -0.39 is 0 Å². The quantitative estimate of drug-likeness (QED) is 0.507. The van der Waals surface area contributed by atoms with Crippen LogP contribution in [0.3, 0.4) is 0 Å². The lowest BCUT2D eigenvalue weighted by Gasteiger charge is -1.97. The fraction of sp³-hybridized carbons (Fsp3) is 0.238. The number of rotatable bonds is 8. The summed E-state index contributed by atoms with van der Waals surface area (Å²) in [7, 11) is 0. The van der Waals surface area contributed by atoms with Crippen molar-refractivity contribution < 1.29 is 0 Å². The lowest BCUT2D eigenvalue weighted by molar-refractivity contribution is 0.865. The highest BCUT2D eigenvalue weighted by atomic mass is 15.2. The summed E-state index contributed by atoms with van der Waals surface area (Å²) >= 11 is 0. The number of nitrogens with one attached hydrogen (secondary N) is 2. The number of nitrogens with zero attached hydrogens (tertiary/aromatic N) is 4. The molecule has 136 valence electrons. The molecule has 4 rings (SSSR count). The molecule has 0 aliphatic rings. The van der Waals surface area contributed by atoms with E-state index in [4.69, 9.17) is 0 Å². The average Bonchev–Trinajstić information content (AvgIpc) is 3.36. The van der Waals surface area contributed by atoms with Gasteiger partial charge in [0.05, 0.1) is 6.42 Å². The minimum absolute atomic E-state index is 0.531. The van der Waals surface area contributed by atoms with Gasteiger partial charge in [0.2, 0.25) is 0 Å². The molecular weight excluding hydrogens is 336 g/mol. The van der Waals surface area contributed by atoms with Gasteiger partial charge in [0, 0.05) is 12.8 Å². The molecule has 2 aromatic carbocycles. The van der Waals surface area contributed by atoms with Gasteiger partial charge in [-0.3, -0.25) is 10.2 Å². The molecule has 0 unspecified atom stereocenters. The summed E-state index contributed by atoms with van der Waals surface area (Å²) in [6, 6.07) is 20.8. The van der Waals surface area contributed by atoms with Gasteiger partial charge in [-0.05, 0) is 24.0 Å². The van der Waals surface area contributed by atoms with Gasteiger partial charge < -0.3 is 0 Å². The first-order valence-electron chi connectivity index (χ1n) is 9.23. The molecule has 0 spiro atoms. The lowest BCUT2D eigenvalue weighted by atomic mass is 10.1. The third-order valence-corrected chi connectivity index (χ3v) is 4.46. The smallest absolute Gasteiger partial charge is 0.158 e. The van der Waals surface area contributed by atoms with E-state index in [-0.39, 0.29) is 0 Å². The molecule has 0 atom stereocenters. The molecule has 2 aromatic heterocycles. The fourth-order valence-electron chi connectivity index (χ4n) is 3.01. The first-order valence-corrected chi connectivity index (χ1v) is 9.23. The highest BCUT2D eigenvalue weighted by Gasteiger charge is 2.09. The predicted molar refractivity (Wildman–Crippen MR) is 103 cm³/mol. The monoisotopic (exact) mass is 358 g/mol. The van der Waals surface area contributed by atoms with Crippen LogP contribution in [0.1, 0.15) is 34.4 Å². The van der Waals surface area contributed by atoms with Crippen LogP contribution in [-0.2, 0) is 32.1 Å². The summed E-state index contributed by atoms with van der Waals surface area (Å²) in [4.78, 5) is 9.13. The first-order chi connectivity index (χ1) is 13.3. The standard InChI is InChI=1S/C21H22N6/c1-3-7-16(8-4-1)11-13-18-22-20(26-24-18)15-21-23-19(25-27-21)14-12-17-9-5-2-6-10-17/h1-10H,11-15H2,(H,22,24,26)(H,23,25,27). The molecule has 0 bridgehead atoms. The Morgan fingerprint density at radius 1 is 0.556 bits per heavy atom. The summed E-state index contributed by atoms with van der Waals surface area (Å²) < 4.78 is 0. The van der Waals surface area contributed by atoms with Crippen LogP contribution in [0.5, 0.6) is 0 Å². The van der Waals surface area contributed by atoms with Crippen LogP contribution in [0.2, 0.25) is 0 Å². The molecule has 6 nitrogen and oxygen atoms in total. The Labute approximate surface area is 158 Å². The van der Waals surface area contributed by atoms with Gasteiger partial charge in [0.25, 0.3) is 0 Å². The minimum Gasteiger partial charge on any atom is -0.263 e. The Kier molecular flexibility index (Phi) is 5.34. The van der Waals surface area contributed by atoms with E-state index in [1.165, 1.54) is 11.1 Å². The molecule has 27 heavy (non-hydrogen) atoms. The molecule has 0 fully saturated rings. The van der Waals surface area contributed by atoms with E-state index in [1.807, 2.05) is 12.1 Å². The number of H-pyrrole nitrogens is 2. The Hall–Kier alpha value is -3.28. The van der Waals surface area contributed by atoms with E-state index in [1.54, 1.807) is 0 Å². The van der Waals surface area contributed by atoms with E-state index in [0.717, 1.165) is 49.0 Å². The average molecular weight is 358 g/mol. The molecule has 0 saturated carbocycles. The van der Waals surface area contributed by atoms with Gasteiger partial charge in [0.15, 0.2) is 11.6 Å². The number of aryl methyl sites for hydroxylation is 4. The van der Waals surface area contributed by atoms with Gasteiger partial charge in [-0.1, -0.05) is 60.7 Å². The first kappa shape index (κ1) is 17.1. The summed E-state index contributed by atoms with van der Waals surface area (Å²) in [5.74, 6) is 3.25. The molecule has 2 N–H and O–H groups in total. The molecule has 2 heterocycles. The number of aromatic amines is 2. The summed E-state index contributed by atoms with van der Waals surface area (Å²) in [6.07, 6.45) is 4.10. The minimum atomic E-state index is 0.531. The third-order valence-electron chi connectivity index (χ3n) is 4.46. The van der Waals surface area contributed by atoms with E-state index >= 15 is 0 Å². The molecule has 0 aliphatic carbocycles. The topological polar surface area (TPSA) is 83.1 Å². The number of hydrogen-bond acceptors (Lipinski definition) is 4. The Bertz CT molecular complexity index is 879. The van der Waals surface area contributed by atoms with Crippen molar-refractivity contribution >= 4 is 0 Å². The molecule has 0 saturated heterocycles. The van der Waals surface area contributed by atoms with Gasteiger partial charge in [-0.2, -0.15) is 10.2 Å². The highest BCUT2D eigenvalue weighted by Crippen LogP contribution is 2.07. The van der Waals surface area contributed by atoms with Crippen LogP contribution in [0.15, 0.2) is 60.7 Å². The molecular formula is C21H22N6. The van der Waals surface area contributed by atoms with Crippen molar-refractivity contribution in [1.82, 2.24) is 30.4 Å². The predicted octanol–water partition coefficient (Wildman–Crippen LogP) is 3.08. The normalized spacial score (nSPS) is 11.0. The summed E-state index contributed by atoms with van der Waals surface area (Å²) in [6.45, 7) is 0. The van der Waals surface area contributed by atoms with Crippen LogP contribution in [0.25, 0.3) is 0 Å². The van der Waals surface area contributed by atoms with Crippen molar-refractivity contribution in [3.05, 3.63) is 95.1 Å². The van der Waals surface area contributed by atoms with Crippen molar-refractivity contribution in [2.24, 2.45) is 0 Å².